The topological polar surface area (TPSA) is 50.9 Å². The van der Waals surface area contributed by atoms with Gasteiger partial charge in [0.1, 0.15) is 0 Å². The molecular weight excluding hydrogens is 162 g/mol. The van der Waals surface area contributed by atoms with Crippen LogP contribution in [-0.4, -0.2) is 18.6 Å². The number of rotatable bonds is 4. The number of nitrogens with two attached hydrogens (primary N) is 1. The summed E-state index contributed by atoms with van der Waals surface area (Å²) < 4.78 is 0. The Bertz CT molecular complexity index is 264. The zero-order valence-electron chi connectivity index (χ0n) is 7.83. The minimum absolute atomic E-state index is 0.701. The van der Waals surface area contributed by atoms with Gasteiger partial charge in [-0.2, -0.15) is 0 Å². The largest absolute Gasteiger partial charge is 0.397 e. The van der Waals surface area contributed by atoms with E-state index in [1.54, 1.807) is 6.20 Å². The molecule has 0 bridgehead atoms. The molecule has 0 fully saturated rings. The molecule has 0 aliphatic carbocycles. The normalized spacial score (nSPS) is 10.8. The van der Waals surface area contributed by atoms with Gasteiger partial charge in [-0.05, 0) is 38.2 Å². The maximum Gasteiger partial charge on any atom is 0.0628 e. The Balaban J connectivity index is 2.44. The van der Waals surface area contributed by atoms with Gasteiger partial charge in [-0.3, -0.25) is 4.98 Å². The third-order valence-electron chi connectivity index (χ3n) is 1.66. The third kappa shape index (κ3) is 3.71. The molecule has 3 N–H and O–H groups in total. The van der Waals surface area contributed by atoms with Crippen LogP contribution in [0.2, 0.25) is 0 Å². The summed E-state index contributed by atoms with van der Waals surface area (Å²) in [5.74, 6) is 0. The van der Waals surface area contributed by atoms with Crippen LogP contribution in [0.5, 0.6) is 0 Å². The van der Waals surface area contributed by atoms with Crippen molar-refractivity contribution in [3.63, 3.8) is 0 Å². The van der Waals surface area contributed by atoms with Crippen LogP contribution >= 0.6 is 0 Å². The second-order valence-electron chi connectivity index (χ2n) is 2.81. The van der Waals surface area contributed by atoms with Crippen LogP contribution in [0, 0.1) is 0 Å². The van der Waals surface area contributed by atoms with Crippen molar-refractivity contribution >= 4 is 11.8 Å². The number of aromatic nitrogens is 1. The number of hydrogen-bond acceptors (Lipinski definition) is 3. The summed E-state index contributed by atoms with van der Waals surface area (Å²) in [5, 5.41) is 3.07. The quantitative estimate of drug-likeness (QED) is 0.681. The van der Waals surface area contributed by atoms with Crippen molar-refractivity contribution in [1.82, 2.24) is 10.3 Å². The van der Waals surface area contributed by atoms with E-state index in [-0.39, 0.29) is 0 Å². The van der Waals surface area contributed by atoms with Crippen LogP contribution in [0.4, 0.5) is 5.69 Å². The van der Waals surface area contributed by atoms with Crippen molar-refractivity contribution in [1.29, 1.82) is 0 Å². The number of pyridine rings is 1. The van der Waals surface area contributed by atoms with Crippen LogP contribution in [0.15, 0.2) is 24.4 Å². The molecule has 0 unspecified atom stereocenters. The molecule has 1 aromatic heterocycles. The summed E-state index contributed by atoms with van der Waals surface area (Å²) >= 11 is 0. The molecule has 0 atom stereocenters. The fraction of sp³-hybridized carbons (Fsp3) is 0.300. The molecule has 1 aromatic rings. The molecule has 1 rings (SSSR count). The second kappa shape index (κ2) is 5.32. The first-order valence-electron chi connectivity index (χ1n) is 4.35. The lowest BCUT2D eigenvalue weighted by molar-refractivity contribution is 0.809. The van der Waals surface area contributed by atoms with Crippen LogP contribution in [-0.2, 0) is 0 Å². The van der Waals surface area contributed by atoms with E-state index in [9.17, 15) is 0 Å². The van der Waals surface area contributed by atoms with Gasteiger partial charge in [-0.1, -0.05) is 6.08 Å². The molecule has 3 heteroatoms. The first-order valence-corrected chi connectivity index (χ1v) is 4.35. The molecule has 0 aromatic carbocycles. The Kier molecular flexibility index (Phi) is 3.99. The molecule has 0 spiro atoms. The molecule has 3 nitrogen and oxygen atoms in total. The summed E-state index contributed by atoms with van der Waals surface area (Å²) in [5.41, 5.74) is 7.16. The lowest BCUT2D eigenvalue weighted by atomic mass is 10.3. The lowest BCUT2D eigenvalue weighted by Gasteiger charge is -1.94. The Labute approximate surface area is 78.7 Å². The second-order valence-corrected chi connectivity index (χ2v) is 2.81. The highest BCUT2D eigenvalue weighted by atomic mass is 14.8. The van der Waals surface area contributed by atoms with Gasteiger partial charge in [0.05, 0.1) is 17.6 Å². The maximum atomic E-state index is 5.51. The van der Waals surface area contributed by atoms with E-state index in [0.29, 0.717) is 5.69 Å². The number of nitrogen functional groups attached to an aromatic ring is 1. The smallest absolute Gasteiger partial charge is 0.0628 e. The van der Waals surface area contributed by atoms with Crippen LogP contribution in [0.25, 0.3) is 6.08 Å². The predicted octanol–water partition coefficient (Wildman–Crippen LogP) is 1.29. The summed E-state index contributed by atoms with van der Waals surface area (Å²) in [6.45, 7) is 0.992. The van der Waals surface area contributed by atoms with E-state index < -0.39 is 0 Å². The minimum Gasteiger partial charge on any atom is -0.397 e. The molecule has 0 amide bonds. The highest BCUT2D eigenvalue weighted by molar-refractivity contribution is 5.47. The lowest BCUT2D eigenvalue weighted by Crippen LogP contribution is -2.05. The van der Waals surface area contributed by atoms with Gasteiger partial charge in [-0.25, -0.2) is 0 Å². The predicted molar refractivity (Wildman–Crippen MR) is 56.2 cm³/mol. The Morgan fingerprint density at radius 2 is 2.38 bits per heavy atom. The fourth-order valence-corrected chi connectivity index (χ4v) is 0.947. The molecular formula is C10H15N3. The first-order chi connectivity index (χ1) is 6.33. The SMILES string of the molecule is CNCCC=Cc1ccc(N)cn1. The van der Waals surface area contributed by atoms with Crippen molar-refractivity contribution in [3.8, 4) is 0 Å². The average Bonchev–Trinajstić information content (AvgIpc) is 2.15. The zero-order valence-corrected chi connectivity index (χ0v) is 7.83. The molecule has 1 heterocycles. The minimum atomic E-state index is 0.701. The Morgan fingerprint density at radius 1 is 1.54 bits per heavy atom. The third-order valence-corrected chi connectivity index (χ3v) is 1.66. The number of hydrogen-bond donors (Lipinski definition) is 2. The van der Waals surface area contributed by atoms with Crippen molar-refractivity contribution in [2.45, 2.75) is 6.42 Å². The summed E-state index contributed by atoms with van der Waals surface area (Å²) in [6, 6.07) is 3.76. The van der Waals surface area contributed by atoms with Gasteiger partial charge >= 0.3 is 0 Å². The van der Waals surface area contributed by atoms with Gasteiger partial charge in [0.15, 0.2) is 0 Å². The Hall–Kier alpha value is -1.35. The highest BCUT2D eigenvalue weighted by Crippen LogP contribution is 2.02. The van der Waals surface area contributed by atoms with Gasteiger partial charge in [0.25, 0.3) is 0 Å². The highest BCUT2D eigenvalue weighted by Gasteiger charge is 1.87. The van der Waals surface area contributed by atoms with Gasteiger partial charge < -0.3 is 11.1 Å². The zero-order chi connectivity index (χ0) is 9.52. The van der Waals surface area contributed by atoms with E-state index >= 15 is 0 Å². The Morgan fingerprint density at radius 3 is 3.00 bits per heavy atom. The van der Waals surface area contributed by atoms with E-state index in [4.69, 9.17) is 5.73 Å². The molecule has 0 saturated heterocycles. The average molecular weight is 177 g/mol. The van der Waals surface area contributed by atoms with Gasteiger partial charge in [-0.15, -0.1) is 0 Å². The summed E-state index contributed by atoms with van der Waals surface area (Å²) in [7, 11) is 1.94. The van der Waals surface area contributed by atoms with Crippen molar-refractivity contribution in [2.75, 3.05) is 19.3 Å². The van der Waals surface area contributed by atoms with Gasteiger partial charge in [0, 0.05) is 0 Å². The molecule has 0 aliphatic heterocycles. The van der Waals surface area contributed by atoms with E-state index in [1.165, 1.54) is 0 Å². The van der Waals surface area contributed by atoms with Crippen molar-refractivity contribution < 1.29 is 0 Å². The molecule has 13 heavy (non-hydrogen) atoms. The number of nitrogens with zero attached hydrogens (tertiary/aromatic N) is 1. The van der Waals surface area contributed by atoms with E-state index in [0.717, 1.165) is 18.7 Å². The van der Waals surface area contributed by atoms with Crippen LogP contribution < -0.4 is 11.1 Å². The van der Waals surface area contributed by atoms with Crippen LogP contribution in [0.1, 0.15) is 12.1 Å². The number of anilines is 1. The fourth-order valence-electron chi connectivity index (χ4n) is 0.947. The summed E-state index contributed by atoms with van der Waals surface area (Å²) in [4.78, 5) is 4.14. The van der Waals surface area contributed by atoms with Gasteiger partial charge in [0.2, 0.25) is 0 Å². The van der Waals surface area contributed by atoms with E-state index in [2.05, 4.69) is 16.4 Å². The maximum absolute atomic E-state index is 5.51. The van der Waals surface area contributed by atoms with Crippen molar-refractivity contribution in [2.24, 2.45) is 0 Å². The molecule has 70 valence electrons. The van der Waals surface area contributed by atoms with Crippen molar-refractivity contribution in [3.05, 3.63) is 30.1 Å². The molecule has 0 aliphatic rings. The molecule has 0 saturated carbocycles. The first kappa shape index (κ1) is 9.74. The van der Waals surface area contributed by atoms with Crippen LogP contribution in [0.3, 0.4) is 0 Å². The molecule has 0 radical (unpaired) electrons. The number of nitrogens with one attached hydrogen (secondary N) is 1. The van der Waals surface area contributed by atoms with E-state index in [1.807, 2.05) is 25.3 Å². The summed E-state index contributed by atoms with van der Waals surface area (Å²) in [6.07, 6.45) is 6.77. The monoisotopic (exact) mass is 177 g/mol. The standard InChI is InChI=1S/C10H15N3/c1-12-7-3-2-4-10-6-5-9(11)8-13-10/h2,4-6,8,12H,3,7,11H2,1H3.